The Balaban J connectivity index is 1.91. The molecule has 9 heavy (non-hydrogen) atoms. The fraction of sp³-hybridized carbons (Fsp3) is 1.00. The number of hydrogen-bond acceptors (Lipinski definition) is 3. The summed E-state index contributed by atoms with van der Waals surface area (Å²) in [7, 11) is 0. The van der Waals surface area contributed by atoms with Crippen molar-refractivity contribution < 1.29 is 10.4 Å². The lowest BCUT2D eigenvalue weighted by Gasteiger charge is -2.25. The van der Waals surface area contributed by atoms with Crippen LogP contribution in [0.1, 0.15) is 25.7 Å². The maximum atomic E-state index is 8.31. The molecule has 3 nitrogen and oxygen atoms in total. The summed E-state index contributed by atoms with van der Waals surface area (Å²) in [6, 6.07) is 0. The molecule has 3 heteroatoms. The Bertz CT molecular complexity index is 81.1. The van der Waals surface area contributed by atoms with Crippen molar-refractivity contribution in [1.29, 1.82) is 0 Å². The van der Waals surface area contributed by atoms with Gasteiger partial charge in [-0.2, -0.15) is 0 Å². The lowest BCUT2D eigenvalue weighted by molar-refractivity contribution is -0.308. The predicted molar refractivity (Wildman–Crippen MR) is 32.2 cm³/mol. The molecule has 0 atom stereocenters. The average molecular weight is 131 g/mol. The third-order valence-corrected chi connectivity index (χ3v) is 1.96. The van der Waals surface area contributed by atoms with Crippen molar-refractivity contribution in [2.24, 2.45) is 5.92 Å². The van der Waals surface area contributed by atoms with Crippen LogP contribution < -0.4 is 0 Å². The maximum absolute atomic E-state index is 8.31. The summed E-state index contributed by atoms with van der Waals surface area (Å²) in [6.07, 6.45) is 4.79. The van der Waals surface area contributed by atoms with Crippen LogP contribution in [0.2, 0.25) is 0 Å². The molecule has 1 rings (SSSR count). The molecule has 54 valence electrons. The molecule has 0 unspecified atom stereocenters. The lowest BCUT2D eigenvalue weighted by atomic mass is 9.83. The first-order valence-corrected chi connectivity index (χ1v) is 3.44. The number of hydrogen-bond donors (Lipinski definition) is 2. The predicted octanol–water partition coefficient (Wildman–Crippen LogP) is 1.26. The Hall–Kier alpha value is -0.120. The maximum Gasteiger partial charge on any atom is 0.0515 e. The molecule has 1 saturated carbocycles. The van der Waals surface area contributed by atoms with Gasteiger partial charge in [-0.1, -0.05) is 24.5 Å². The Labute approximate surface area is 54.8 Å². The van der Waals surface area contributed by atoms with Gasteiger partial charge in [-0.3, -0.25) is 10.4 Å². The van der Waals surface area contributed by atoms with Gasteiger partial charge in [0.25, 0.3) is 0 Å². The highest BCUT2D eigenvalue weighted by molar-refractivity contribution is 4.68. The summed E-state index contributed by atoms with van der Waals surface area (Å²) in [5.74, 6) is 0.756. The van der Waals surface area contributed by atoms with E-state index in [1.54, 1.807) is 0 Å². The van der Waals surface area contributed by atoms with Gasteiger partial charge >= 0.3 is 0 Å². The zero-order valence-corrected chi connectivity index (χ0v) is 5.45. The van der Waals surface area contributed by atoms with Crippen LogP contribution in [0.5, 0.6) is 0 Å². The zero-order chi connectivity index (χ0) is 6.69. The summed E-state index contributed by atoms with van der Waals surface area (Å²) in [6.45, 7) is 0.394. The molecule has 1 aliphatic carbocycles. The average Bonchev–Trinajstić information content (AvgIpc) is 1.60. The molecule has 0 heterocycles. The highest BCUT2D eigenvalue weighted by atomic mass is 16.8. The quantitative estimate of drug-likeness (QED) is 0.566. The minimum absolute atomic E-state index is 0.276. The Morgan fingerprint density at radius 1 is 1.33 bits per heavy atom. The molecule has 0 radical (unpaired) electrons. The van der Waals surface area contributed by atoms with Gasteiger partial charge < -0.3 is 0 Å². The molecule has 0 amide bonds. The largest absolute Gasteiger partial charge is 0.290 e. The minimum Gasteiger partial charge on any atom is -0.290 e. The van der Waals surface area contributed by atoms with Crippen molar-refractivity contribution >= 4 is 0 Å². The van der Waals surface area contributed by atoms with Crippen LogP contribution in [0.15, 0.2) is 0 Å². The number of nitrogens with zero attached hydrogens (tertiary/aromatic N) is 1. The smallest absolute Gasteiger partial charge is 0.0515 e. The van der Waals surface area contributed by atoms with Crippen LogP contribution in [0.4, 0.5) is 0 Å². The molecular weight excluding hydrogens is 118 g/mol. The fourth-order valence-corrected chi connectivity index (χ4v) is 1.08. The van der Waals surface area contributed by atoms with E-state index in [1.807, 2.05) is 0 Å². The van der Waals surface area contributed by atoms with E-state index < -0.39 is 0 Å². The molecule has 0 aromatic carbocycles. The van der Waals surface area contributed by atoms with E-state index in [0.29, 0.717) is 6.54 Å². The highest BCUT2D eigenvalue weighted by Gasteiger charge is 2.17. The normalized spacial score (nSPS) is 20.3. The minimum atomic E-state index is 0.276. The fourth-order valence-electron chi connectivity index (χ4n) is 1.08. The molecule has 0 aliphatic heterocycles. The molecule has 0 spiro atoms. The van der Waals surface area contributed by atoms with E-state index in [-0.39, 0.29) is 5.23 Å². The van der Waals surface area contributed by atoms with Crippen molar-refractivity contribution in [3.8, 4) is 0 Å². The first-order chi connectivity index (χ1) is 4.29. The molecule has 0 aromatic rings. The van der Waals surface area contributed by atoms with Crippen LogP contribution in [-0.4, -0.2) is 22.2 Å². The van der Waals surface area contributed by atoms with E-state index in [4.69, 9.17) is 10.4 Å². The van der Waals surface area contributed by atoms with Crippen molar-refractivity contribution in [2.45, 2.75) is 25.7 Å². The lowest BCUT2D eigenvalue weighted by Crippen LogP contribution is -2.21. The van der Waals surface area contributed by atoms with Gasteiger partial charge in [0.2, 0.25) is 0 Å². The molecule has 0 saturated heterocycles. The third kappa shape index (κ3) is 2.30. The highest BCUT2D eigenvalue weighted by Crippen LogP contribution is 2.28. The molecule has 0 bridgehead atoms. The van der Waals surface area contributed by atoms with E-state index in [1.165, 1.54) is 19.3 Å². The van der Waals surface area contributed by atoms with Crippen LogP contribution in [-0.2, 0) is 0 Å². The van der Waals surface area contributed by atoms with Crippen LogP contribution >= 0.6 is 0 Å². The summed E-state index contributed by atoms with van der Waals surface area (Å²) in [4.78, 5) is 0. The van der Waals surface area contributed by atoms with Gasteiger partial charge in [-0.15, -0.1) is 0 Å². The third-order valence-electron chi connectivity index (χ3n) is 1.96. The second kappa shape index (κ2) is 3.15. The van der Waals surface area contributed by atoms with Crippen LogP contribution in [0.3, 0.4) is 0 Å². The molecule has 1 fully saturated rings. The SMILES string of the molecule is ON(O)CCC1CCC1. The Kier molecular flexibility index (Phi) is 2.45. The van der Waals surface area contributed by atoms with E-state index in [9.17, 15) is 0 Å². The van der Waals surface area contributed by atoms with Crippen molar-refractivity contribution in [1.82, 2.24) is 5.23 Å². The van der Waals surface area contributed by atoms with Crippen molar-refractivity contribution in [2.75, 3.05) is 6.54 Å². The molecular formula is C6H13NO2. The van der Waals surface area contributed by atoms with E-state index in [2.05, 4.69) is 0 Å². The first kappa shape index (κ1) is 6.99. The number of hydroxylamine groups is 2. The van der Waals surface area contributed by atoms with Gasteiger partial charge in [0, 0.05) is 0 Å². The Morgan fingerprint density at radius 3 is 2.33 bits per heavy atom. The van der Waals surface area contributed by atoms with Crippen LogP contribution in [0, 0.1) is 5.92 Å². The second-order valence-electron chi connectivity index (χ2n) is 2.68. The van der Waals surface area contributed by atoms with Crippen LogP contribution in [0.25, 0.3) is 0 Å². The monoisotopic (exact) mass is 131 g/mol. The summed E-state index contributed by atoms with van der Waals surface area (Å²) in [5.41, 5.74) is 0. The topological polar surface area (TPSA) is 43.7 Å². The molecule has 0 aromatic heterocycles. The molecule has 1 aliphatic rings. The summed E-state index contributed by atoms with van der Waals surface area (Å²) < 4.78 is 0. The number of rotatable bonds is 3. The standard InChI is InChI=1S/C6H13NO2/c8-7(9)5-4-6-2-1-3-6/h6,8-9H,1-5H2. The van der Waals surface area contributed by atoms with Crippen molar-refractivity contribution in [3.63, 3.8) is 0 Å². The van der Waals surface area contributed by atoms with E-state index in [0.717, 1.165) is 12.3 Å². The second-order valence-corrected chi connectivity index (χ2v) is 2.68. The van der Waals surface area contributed by atoms with Crippen molar-refractivity contribution in [3.05, 3.63) is 0 Å². The van der Waals surface area contributed by atoms with E-state index >= 15 is 0 Å². The first-order valence-electron chi connectivity index (χ1n) is 3.44. The van der Waals surface area contributed by atoms with Gasteiger partial charge in [-0.25, -0.2) is 0 Å². The van der Waals surface area contributed by atoms with Gasteiger partial charge in [0.15, 0.2) is 0 Å². The van der Waals surface area contributed by atoms with Gasteiger partial charge in [-0.05, 0) is 12.3 Å². The van der Waals surface area contributed by atoms with Gasteiger partial charge in [0.1, 0.15) is 0 Å². The Morgan fingerprint density at radius 2 is 2.00 bits per heavy atom. The summed E-state index contributed by atoms with van der Waals surface area (Å²) in [5, 5.41) is 16.9. The summed E-state index contributed by atoms with van der Waals surface area (Å²) >= 11 is 0. The molecule has 2 N–H and O–H groups in total. The zero-order valence-electron chi connectivity index (χ0n) is 5.45. The van der Waals surface area contributed by atoms with Gasteiger partial charge in [0.05, 0.1) is 6.54 Å².